The number of fused-ring (bicyclic) bond motifs is 1. The van der Waals surface area contributed by atoms with E-state index in [1.54, 1.807) is 13.1 Å². The van der Waals surface area contributed by atoms with Crippen LogP contribution >= 0.6 is 11.8 Å². The summed E-state index contributed by atoms with van der Waals surface area (Å²) in [4.78, 5) is 19.2. The summed E-state index contributed by atoms with van der Waals surface area (Å²) in [5, 5.41) is 8.85. The van der Waals surface area contributed by atoms with Crippen LogP contribution in [0.1, 0.15) is 29.9 Å². The molecule has 0 fully saturated rings. The number of carboxylic acids is 1. The molecule has 1 N–H and O–H groups in total. The van der Waals surface area contributed by atoms with Gasteiger partial charge >= 0.3 is 5.97 Å². The van der Waals surface area contributed by atoms with Gasteiger partial charge in [-0.2, -0.15) is 11.8 Å². The first-order chi connectivity index (χ1) is 7.18. The van der Waals surface area contributed by atoms with Gasteiger partial charge in [-0.3, -0.25) is 4.79 Å². The van der Waals surface area contributed by atoms with Crippen molar-refractivity contribution in [3.63, 3.8) is 0 Å². The van der Waals surface area contributed by atoms with Crippen molar-refractivity contribution >= 4 is 17.7 Å². The Morgan fingerprint density at radius 3 is 3.20 bits per heavy atom. The number of rotatable bonds is 2. The zero-order valence-corrected chi connectivity index (χ0v) is 9.25. The van der Waals surface area contributed by atoms with E-state index < -0.39 is 11.9 Å². The normalized spacial score (nSPS) is 16.9. The number of carbonyl (C=O) groups is 1. The Hall–Kier alpha value is -1.10. The maximum atomic E-state index is 10.8. The number of aromatic nitrogens is 2. The molecule has 5 heteroatoms. The molecule has 0 saturated heterocycles. The van der Waals surface area contributed by atoms with E-state index in [1.807, 2.05) is 11.8 Å². The predicted octanol–water partition coefficient (Wildman–Crippen LogP) is 1.45. The van der Waals surface area contributed by atoms with Crippen molar-refractivity contribution in [2.75, 3.05) is 5.75 Å². The maximum absolute atomic E-state index is 10.8. The van der Waals surface area contributed by atoms with Gasteiger partial charge in [0.2, 0.25) is 0 Å². The predicted molar refractivity (Wildman–Crippen MR) is 57.9 cm³/mol. The molecule has 15 heavy (non-hydrogen) atoms. The lowest BCUT2D eigenvalue weighted by Gasteiger charge is -2.15. The largest absolute Gasteiger partial charge is 0.481 e. The van der Waals surface area contributed by atoms with Crippen molar-refractivity contribution in [2.45, 2.75) is 25.0 Å². The highest BCUT2D eigenvalue weighted by molar-refractivity contribution is 7.98. The van der Waals surface area contributed by atoms with Crippen LogP contribution in [0.2, 0.25) is 0 Å². The number of hydrogen-bond acceptors (Lipinski definition) is 4. The molecule has 1 aliphatic rings. The molecule has 0 amide bonds. The van der Waals surface area contributed by atoms with Gasteiger partial charge < -0.3 is 5.11 Å². The standard InChI is InChI=1S/C10H12N2O2S/c1-6(10(13)14)9-11-4-7-2-3-15-5-8(7)12-9/h4,6H,2-3,5H2,1H3,(H,13,14). The van der Waals surface area contributed by atoms with Gasteiger partial charge in [0.1, 0.15) is 11.7 Å². The van der Waals surface area contributed by atoms with Crippen LogP contribution < -0.4 is 0 Å². The van der Waals surface area contributed by atoms with Crippen LogP contribution in [0.5, 0.6) is 0 Å². The van der Waals surface area contributed by atoms with Crippen molar-refractivity contribution in [3.8, 4) is 0 Å². The van der Waals surface area contributed by atoms with Crippen LogP contribution in [-0.4, -0.2) is 26.8 Å². The summed E-state index contributed by atoms with van der Waals surface area (Å²) < 4.78 is 0. The third kappa shape index (κ3) is 2.12. The zero-order chi connectivity index (χ0) is 10.8. The molecule has 0 saturated carbocycles. The molecule has 1 aromatic heterocycles. The average molecular weight is 224 g/mol. The quantitative estimate of drug-likeness (QED) is 0.823. The van der Waals surface area contributed by atoms with E-state index in [9.17, 15) is 4.79 Å². The second-order valence-electron chi connectivity index (χ2n) is 3.56. The molecule has 2 rings (SSSR count). The Balaban J connectivity index is 2.31. The molecule has 0 aromatic carbocycles. The summed E-state index contributed by atoms with van der Waals surface area (Å²) in [7, 11) is 0. The number of aliphatic carboxylic acids is 1. The van der Waals surface area contributed by atoms with Crippen LogP contribution in [0.4, 0.5) is 0 Å². The zero-order valence-electron chi connectivity index (χ0n) is 8.43. The summed E-state index contributed by atoms with van der Waals surface area (Å²) in [5.41, 5.74) is 2.17. The number of nitrogens with zero attached hydrogens (tertiary/aromatic N) is 2. The first-order valence-electron chi connectivity index (χ1n) is 4.83. The third-order valence-corrected chi connectivity index (χ3v) is 3.46. The molecule has 0 radical (unpaired) electrons. The molecule has 1 aromatic rings. The van der Waals surface area contributed by atoms with Gasteiger partial charge in [-0.15, -0.1) is 0 Å². The van der Waals surface area contributed by atoms with Crippen LogP contribution in [0.3, 0.4) is 0 Å². The minimum absolute atomic E-state index is 0.420. The van der Waals surface area contributed by atoms with Gasteiger partial charge in [-0.1, -0.05) is 0 Å². The highest BCUT2D eigenvalue weighted by Crippen LogP contribution is 2.23. The molecule has 4 nitrogen and oxygen atoms in total. The van der Waals surface area contributed by atoms with Gasteiger partial charge in [0, 0.05) is 11.9 Å². The van der Waals surface area contributed by atoms with E-state index in [0.29, 0.717) is 5.82 Å². The van der Waals surface area contributed by atoms with E-state index in [4.69, 9.17) is 5.11 Å². The Kier molecular flexibility index (Phi) is 2.90. The molecule has 0 spiro atoms. The molecule has 0 bridgehead atoms. The number of thioether (sulfide) groups is 1. The van der Waals surface area contributed by atoms with Crippen LogP contribution in [0.15, 0.2) is 6.20 Å². The minimum Gasteiger partial charge on any atom is -0.481 e. The Morgan fingerprint density at radius 2 is 2.47 bits per heavy atom. The lowest BCUT2D eigenvalue weighted by atomic mass is 10.1. The minimum atomic E-state index is -0.876. The fourth-order valence-corrected chi connectivity index (χ4v) is 2.41. The third-order valence-electron chi connectivity index (χ3n) is 2.49. The first kappa shape index (κ1) is 10.4. The SMILES string of the molecule is CC(C(=O)O)c1ncc2c(n1)CSCC2. The highest BCUT2D eigenvalue weighted by atomic mass is 32.2. The van der Waals surface area contributed by atoms with Crippen molar-refractivity contribution < 1.29 is 9.90 Å². The average Bonchev–Trinajstić information content (AvgIpc) is 2.27. The lowest BCUT2D eigenvalue weighted by molar-refractivity contribution is -0.138. The van der Waals surface area contributed by atoms with E-state index in [1.165, 1.54) is 0 Å². The molecule has 80 valence electrons. The van der Waals surface area contributed by atoms with Gasteiger partial charge in [-0.25, -0.2) is 9.97 Å². The van der Waals surface area contributed by atoms with E-state index in [2.05, 4.69) is 9.97 Å². The second kappa shape index (κ2) is 4.18. The monoisotopic (exact) mass is 224 g/mol. The maximum Gasteiger partial charge on any atom is 0.313 e. The molecule has 1 unspecified atom stereocenters. The molecular formula is C10H12N2O2S. The van der Waals surface area contributed by atoms with Crippen LogP contribution in [0, 0.1) is 0 Å². The molecule has 0 aliphatic carbocycles. The summed E-state index contributed by atoms with van der Waals surface area (Å²) in [6, 6.07) is 0. The Bertz CT molecular complexity index is 395. The van der Waals surface area contributed by atoms with Crippen LogP contribution in [0.25, 0.3) is 0 Å². The fraction of sp³-hybridized carbons (Fsp3) is 0.500. The number of aryl methyl sites for hydroxylation is 1. The molecule has 2 heterocycles. The van der Waals surface area contributed by atoms with Gasteiger partial charge in [0.05, 0.1) is 5.69 Å². The van der Waals surface area contributed by atoms with Gasteiger partial charge in [0.15, 0.2) is 0 Å². The van der Waals surface area contributed by atoms with Crippen molar-refractivity contribution in [2.24, 2.45) is 0 Å². The summed E-state index contributed by atoms with van der Waals surface area (Å²) >= 11 is 1.83. The summed E-state index contributed by atoms with van der Waals surface area (Å²) in [6.45, 7) is 1.61. The molecular weight excluding hydrogens is 212 g/mol. The smallest absolute Gasteiger partial charge is 0.313 e. The lowest BCUT2D eigenvalue weighted by Crippen LogP contribution is -2.15. The second-order valence-corrected chi connectivity index (χ2v) is 4.67. The first-order valence-corrected chi connectivity index (χ1v) is 5.99. The van der Waals surface area contributed by atoms with Crippen molar-refractivity contribution in [1.82, 2.24) is 9.97 Å². The topological polar surface area (TPSA) is 63.1 Å². The molecule has 1 aliphatic heterocycles. The fourth-order valence-electron chi connectivity index (χ4n) is 1.46. The number of carboxylic acid groups (broad SMARTS) is 1. The van der Waals surface area contributed by atoms with Crippen molar-refractivity contribution in [1.29, 1.82) is 0 Å². The van der Waals surface area contributed by atoms with Gasteiger partial charge in [0.25, 0.3) is 0 Å². The van der Waals surface area contributed by atoms with E-state index >= 15 is 0 Å². The summed E-state index contributed by atoms with van der Waals surface area (Å²) in [5.74, 6) is 0.894. The van der Waals surface area contributed by atoms with Crippen LogP contribution in [-0.2, 0) is 17.0 Å². The van der Waals surface area contributed by atoms with E-state index in [0.717, 1.165) is 29.2 Å². The highest BCUT2D eigenvalue weighted by Gasteiger charge is 2.19. The van der Waals surface area contributed by atoms with Crippen molar-refractivity contribution in [3.05, 3.63) is 23.3 Å². The van der Waals surface area contributed by atoms with Gasteiger partial charge in [-0.05, 0) is 24.7 Å². The molecule has 1 atom stereocenters. The summed E-state index contributed by atoms with van der Waals surface area (Å²) in [6.07, 6.45) is 2.76. The Labute approximate surface area is 92.1 Å². The number of hydrogen-bond donors (Lipinski definition) is 1. The van der Waals surface area contributed by atoms with E-state index in [-0.39, 0.29) is 0 Å². The Morgan fingerprint density at radius 1 is 1.67 bits per heavy atom.